The third kappa shape index (κ3) is 4.60. The Morgan fingerprint density at radius 1 is 1.36 bits per heavy atom. The van der Waals surface area contributed by atoms with Crippen LogP contribution in [0.4, 0.5) is 0 Å². The van der Waals surface area contributed by atoms with Crippen molar-refractivity contribution < 1.29 is 19.0 Å². The van der Waals surface area contributed by atoms with Crippen molar-refractivity contribution in [1.29, 1.82) is 0 Å². The van der Waals surface area contributed by atoms with Crippen LogP contribution >= 0.6 is 0 Å². The van der Waals surface area contributed by atoms with Crippen molar-refractivity contribution in [2.24, 2.45) is 0 Å². The molecule has 2 unspecified atom stereocenters. The van der Waals surface area contributed by atoms with E-state index in [0.29, 0.717) is 12.2 Å². The van der Waals surface area contributed by atoms with Crippen molar-refractivity contribution in [1.82, 2.24) is 0 Å². The number of carbonyl (C=O) groups excluding carboxylic acids is 1. The highest BCUT2D eigenvalue weighted by Crippen LogP contribution is 2.29. The van der Waals surface area contributed by atoms with E-state index < -0.39 is 0 Å². The van der Waals surface area contributed by atoms with Gasteiger partial charge in [0.15, 0.2) is 0 Å². The van der Waals surface area contributed by atoms with Crippen LogP contribution in [-0.2, 0) is 25.6 Å². The first kappa shape index (κ1) is 16.6. The highest BCUT2D eigenvalue weighted by atomic mass is 16.5. The zero-order valence-electron chi connectivity index (χ0n) is 13.5. The number of allylic oxidation sites excluding steroid dienone is 1. The fourth-order valence-corrected chi connectivity index (χ4v) is 2.57. The van der Waals surface area contributed by atoms with E-state index in [-0.39, 0.29) is 18.2 Å². The van der Waals surface area contributed by atoms with Gasteiger partial charge < -0.3 is 14.2 Å². The molecule has 120 valence electrons. The Labute approximate surface area is 132 Å². The van der Waals surface area contributed by atoms with Gasteiger partial charge >= 0.3 is 5.97 Å². The molecular weight excluding hydrogens is 280 g/mol. The summed E-state index contributed by atoms with van der Waals surface area (Å²) in [5.41, 5.74) is 1.74. The molecular formula is C18H24O4. The van der Waals surface area contributed by atoms with Crippen LogP contribution in [0, 0.1) is 0 Å². The first-order valence-corrected chi connectivity index (χ1v) is 7.70. The lowest BCUT2D eigenvalue weighted by Crippen LogP contribution is -2.17. The molecule has 22 heavy (non-hydrogen) atoms. The standard InChI is InChI=1S/C18H24O4/c1-13(21-12-15-7-5-4-6-8-15)11-16-9-10-17(22-16)14(2)18(19)20-3/h4-8,13,16H,9-12H2,1-3H3/b17-14+. The molecule has 0 saturated carbocycles. The normalized spacial score (nSPS) is 21.1. The summed E-state index contributed by atoms with van der Waals surface area (Å²) in [6.07, 6.45) is 2.76. The maximum absolute atomic E-state index is 11.5. The van der Waals surface area contributed by atoms with Gasteiger partial charge in [0.2, 0.25) is 0 Å². The van der Waals surface area contributed by atoms with Gasteiger partial charge in [0, 0.05) is 12.8 Å². The molecule has 4 heteroatoms. The summed E-state index contributed by atoms with van der Waals surface area (Å²) in [6, 6.07) is 10.1. The average molecular weight is 304 g/mol. The lowest BCUT2D eigenvalue weighted by Gasteiger charge is -2.18. The minimum absolute atomic E-state index is 0.111. The molecule has 0 radical (unpaired) electrons. The predicted octanol–water partition coefficient (Wildman–Crippen LogP) is 3.61. The Morgan fingerprint density at radius 2 is 2.09 bits per heavy atom. The topological polar surface area (TPSA) is 44.8 Å². The van der Waals surface area contributed by atoms with Crippen molar-refractivity contribution in [3.63, 3.8) is 0 Å². The number of hydrogen-bond donors (Lipinski definition) is 0. The smallest absolute Gasteiger partial charge is 0.336 e. The highest BCUT2D eigenvalue weighted by Gasteiger charge is 2.26. The van der Waals surface area contributed by atoms with Crippen LogP contribution in [-0.4, -0.2) is 25.3 Å². The first-order valence-electron chi connectivity index (χ1n) is 7.70. The Balaban J connectivity index is 1.79. The SMILES string of the molecule is COC(=O)/C(C)=C1\CCC(CC(C)OCc2ccccc2)O1. The lowest BCUT2D eigenvalue weighted by atomic mass is 10.1. The number of rotatable bonds is 6. The molecule has 1 aliphatic rings. The van der Waals surface area contributed by atoms with Crippen LogP contribution in [0.2, 0.25) is 0 Å². The highest BCUT2D eigenvalue weighted by molar-refractivity contribution is 5.88. The summed E-state index contributed by atoms with van der Waals surface area (Å²) >= 11 is 0. The van der Waals surface area contributed by atoms with Crippen molar-refractivity contribution >= 4 is 5.97 Å². The van der Waals surface area contributed by atoms with Crippen LogP contribution in [0.5, 0.6) is 0 Å². The molecule has 0 aromatic heterocycles. The van der Waals surface area contributed by atoms with Crippen molar-refractivity contribution in [3.05, 3.63) is 47.2 Å². The third-order valence-corrected chi connectivity index (χ3v) is 3.88. The maximum atomic E-state index is 11.5. The minimum Gasteiger partial charge on any atom is -0.494 e. The summed E-state index contributed by atoms with van der Waals surface area (Å²) in [6.45, 7) is 4.42. The minimum atomic E-state index is -0.316. The van der Waals surface area contributed by atoms with Crippen LogP contribution in [0.15, 0.2) is 41.7 Å². The second kappa shape index (κ2) is 7.99. The molecule has 2 atom stereocenters. The van der Waals surface area contributed by atoms with E-state index in [0.717, 1.165) is 25.0 Å². The fraction of sp³-hybridized carbons (Fsp3) is 0.500. The second-order valence-corrected chi connectivity index (χ2v) is 5.66. The van der Waals surface area contributed by atoms with E-state index in [1.54, 1.807) is 6.92 Å². The van der Waals surface area contributed by atoms with E-state index in [1.807, 2.05) is 18.2 Å². The maximum Gasteiger partial charge on any atom is 0.336 e. The molecule has 1 aromatic carbocycles. The lowest BCUT2D eigenvalue weighted by molar-refractivity contribution is -0.136. The quantitative estimate of drug-likeness (QED) is 0.595. The van der Waals surface area contributed by atoms with Crippen LogP contribution < -0.4 is 0 Å². The largest absolute Gasteiger partial charge is 0.494 e. The van der Waals surface area contributed by atoms with Crippen LogP contribution in [0.1, 0.15) is 38.7 Å². The van der Waals surface area contributed by atoms with Crippen LogP contribution in [0.25, 0.3) is 0 Å². The van der Waals surface area contributed by atoms with Crippen molar-refractivity contribution in [2.75, 3.05) is 7.11 Å². The fourth-order valence-electron chi connectivity index (χ4n) is 2.57. The molecule has 1 fully saturated rings. The molecule has 0 N–H and O–H groups in total. The summed E-state index contributed by atoms with van der Waals surface area (Å²) in [4.78, 5) is 11.5. The third-order valence-electron chi connectivity index (χ3n) is 3.88. The number of carbonyl (C=O) groups is 1. The molecule has 2 rings (SSSR count). The Kier molecular flexibility index (Phi) is 6.01. The van der Waals surface area contributed by atoms with Crippen molar-refractivity contribution in [2.45, 2.75) is 51.9 Å². The molecule has 1 saturated heterocycles. The summed E-state index contributed by atoms with van der Waals surface area (Å²) in [5.74, 6) is 0.441. The Morgan fingerprint density at radius 3 is 2.77 bits per heavy atom. The van der Waals surface area contributed by atoms with E-state index in [4.69, 9.17) is 14.2 Å². The Bertz CT molecular complexity index is 521. The monoisotopic (exact) mass is 304 g/mol. The van der Waals surface area contributed by atoms with Crippen LogP contribution in [0.3, 0.4) is 0 Å². The molecule has 1 heterocycles. The molecule has 1 aromatic rings. The number of methoxy groups -OCH3 is 1. The second-order valence-electron chi connectivity index (χ2n) is 5.66. The zero-order chi connectivity index (χ0) is 15.9. The molecule has 0 aliphatic carbocycles. The van der Waals surface area contributed by atoms with E-state index in [9.17, 15) is 4.79 Å². The number of ether oxygens (including phenoxy) is 3. The molecule has 1 aliphatic heterocycles. The van der Waals surface area contributed by atoms with Gasteiger partial charge in [0.1, 0.15) is 11.9 Å². The van der Waals surface area contributed by atoms with E-state index >= 15 is 0 Å². The van der Waals surface area contributed by atoms with E-state index in [2.05, 4.69) is 19.1 Å². The molecule has 4 nitrogen and oxygen atoms in total. The predicted molar refractivity (Wildman–Crippen MR) is 84.1 cm³/mol. The van der Waals surface area contributed by atoms with Gasteiger partial charge in [-0.2, -0.15) is 0 Å². The van der Waals surface area contributed by atoms with Gasteiger partial charge in [-0.1, -0.05) is 30.3 Å². The number of benzene rings is 1. The van der Waals surface area contributed by atoms with Crippen molar-refractivity contribution in [3.8, 4) is 0 Å². The van der Waals surface area contributed by atoms with Gasteiger partial charge in [-0.05, 0) is 25.8 Å². The zero-order valence-corrected chi connectivity index (χ0v) is 13.5. The van der Waals surface area contributed by atoms with Gasteiger partial charge in [0.05, 0.1) is 25.4 Å². The molecule has 0 spiro atoms. The molecule has 0 amide bonds. The first-order chi connectivity index (χ1) is 10.6. The van der Waals surface area contributed by atoms with E-state index in [1.165, 1.54) is 12.7 Å². The van der Waals surface area contributed by atoms with Gasteiger partial charge in [0.25, 0.3) is 0 Å². The number of esters is 1. The van der Waals surface area contributed by atoms with Gasteiger partial charge in [-0.15, -0.1) is 0 Å². The van der Waals surface area contributed by atoms with Gasteiger partial charge in [-0.25, -0.2) is 4.79 Å². The molecule has 0 bridgehead atoms. The number of hydrogen-bond acceptors (Lipinski definition) is 4. The summed E-state index contributed by atoms with van der Waals surface area (Å²) < 4.78 is 16.5. The summed E-state index contributed by atoms with van der Waals surface area (Å²) in [5, 5.41) is 0. The Hall–Kier alpha value is -1.81. The summed E-state index contributed by atoms with van der Waals surface area (Å²) in [7, 11) is 1.39. The van der Waals surface area contributed by atoms with Gasteiger partial charge in [-0.3, -0.25) is 0 Å². The average Bonchev–Trinajstić information content (AvgIpc) is 3.00.